The van der Waals surface area contributed by atoms with Crippen molar-refractivity contribution in [3.63, 3.8) is 0 Å². The second-order valence-electron chi connectivity index (χ2n) is 7.39. The second kappa shape index (κ2) is 7.64. The first-order valence-electron chi connectivity index (χ1n) is 8.63. The molecule has 2 atom stereocenters. The van der Waals surface area contributed by atoms with Crippen LogP contribution in [0, 0.1) is 5.92 Å². The molecule has 5 heteroatoms. The van der Waals surface area contributed by atoms with Crippen molar-refractivity contribution in [1.29, 1.82) is 0 Å². The molecule has 2 aliphatic heterocycles. The lowest BCUT2D eigenvalue weighted by Crippen LogP contribution is -2.49. The molecule has 1 N–H and O–H groups in total. The molecule has 0 radical (unpaired) electrons. The van der Waals surface area contributed by atoms with Crippen LogP contribution >= 0.6 is 0 Å². The van der Waals surface area contributed by atoms with Gasteiger partial charge in [0.1, 0.15) is 0 Å². The molecule has 128 valence electrons. The Labute approximate surface area is 134 Å². The number of nitrogens with one attached hydrogen (secondary N) is 1. The van der Waals surface area contributed by atoms with Gasteiger partial charge in [-0.15, -0.1) is 0 Å². The summed E-state index contributed by atoms with van der Waals surface area (Å²) >= 11 is 0. The average molecular weight is 312 g/mol. The van der Waals surface area contributed by atoms with Gasteiger partial charge in [0.25, 0.3) is 0 Å². The lowest BCUT2D eigenvalue weighted by Gasteiger charge is -2.35. The average Bonchev–Trinajstić information content (AvgIpc) is 3.01. The topological polar surface area (TPSA) is 50.8 Å². The molecule has 22 heavy (non-hydrogen) atoms. The minimum atomic E-state index is -0.209. The van der Waals surface area contributed by atoms with E-state index in [2.05, 4.69) is 5.32 Å². The molecule has 0 aromatic heterocycles. The Morgan fingerprint density at radius 3 is 2.59 bits per heavy atom. The molecule has 0 aliphatic carbocycles. The first-order chi connectivity index (χ1) is 10.4. The third-order valence-corrected chi connectivity index (χ3v) is 5.04. The lowest BCUT2D eigenvalue weighted by atomic mass is 9.90. The Balaban J connectivity index is 1.72. The van der Waals surface area contributed by atoms with E-state index >= 15 is 0 Å². The second-order valence-corrected chi connectivity index (χ2v) is 7.39. The number of carbonyl (C=O) groups is 1. The highest BCUT2D eigenvalue weighted by Crippen LogP contribution is 2.28. The Kier molecular flexibility index (Phi) is 6.09. The van der Waals surface area contributed by atoms with Gasteiger partial charge in [0.2, 0.25) is 0 Å². The largest absolute Gasteiger partial charge is 0.379 e. The van der Waals surface area contributed by atoms with E-state index in [9.17, 15) is 4.79 Å². The summed E-state index contributed by atoms with van der Waals surface area (Å²) < 4.78 is 11.2. The van der Waals surface area contributed by atoms with Crippen molar-refractivity contribution in [2.45, 2.75) is 70.6 Å². The number of methoxy groups -OCH3 is 1. The summed E-state index contributed by atoms with van der Waals surface area (Å²) in [5.74, 6) is 0.636. The number of likely N-dealkylation sites (tertiary alicyclic amines) is 1. The SMILES string of the molecule is COC(C)(C)C[C@H](C)NC(=O)N1CCC([C@H]2CCCO2)CC1. The number of hydrogen-bond acceptors (Lipinski definition) is 3. The van der Waals surface area contributed by atoms with Crippen LogP contribution in [0.1, 0.15) is 52.9 Å². The maximum absolute atomic E-state index is 12.4. The van der Waals surface area contributed by atoms with Crippen molar-refractivity contribution in [2.75, 3.05) is 26.8 Å². The zero-order chi connectivity index (χ0) is 16.2. The third kappa shape index (κ3) is 4.85. The van der Waals surface area contributed by atoms with Crippen molar-refractivity contribution in [1.82, 2.24) is 10.2 Å². The minimum absolute atomic E-state index is 0.0604. The van der Waals surface area contributed by atoms with Crippen LogP contribution in [0.15, 0.2) is 0 Å². The number of urea groups is 1. The van der Waals surface area contributed by atoms with Crippen LogP contribution in [0.2, 0.25) is 0 Å². The minimum Gasteiger partial charge on any atom is -0.379 e. The quantitative estimate of drug-likeness (QED) is 0.849. The predicted octanol–water partition coefficient (Wildman–Crippen LogP) is 2.79. The highest BCUT2D eigenvalue weighted by molar-refractivity contribution is 5.74. The maximum Gasteiger partial charge on any atom is 0.317 e. The number of nitrogens with zero attached hydrogens (tertiary/aromatic N) is 1. The molecule has 0 aromatic rings. The molecule has 2 rings (SSSR count). The van der Waals surface area contributed by atoms with Crippen molar-refractivity contribution >= 4 is 6.03 Å². The molecule has 0 bridgehead atoms. The molecule has 2 fully saturated rings. The van der Waals surface area contributed by atoms with Gasteiger partial charge in [0.05, 0.1) is 11.7 Å². The monoisotopic (exact) mass is 312 g/mol. The smallest absolute Gasteiger partial charge is 0.317 e. The van der Waals surface area contributed by atoms with Gasteiger partial charge in [0, 0.05) is 32.8 Å². The van der Waals surface area contributed by atoms with E-state index in [0.717, 1.165) is 39.0 Å². The summed E-state index contributed by atoms with van der Waals surface area (Å²) in [6, 6.07) is 0.170. The van der Waals surface area contributed by atoms with E-state index in [0.29, 0.717) is 12.0 Å². The fourth-order valence-corrected chi connectivity index (χ4v) is 3.62. The number of carbonyl (C=O) groups excluding carboxylic acids is 1. The van der Waals surface area contributed by atoms with Crippen LogP contribution in [0.3, 0.4) is 0 Å². The summed E-state index contributed by atoms with van der Waals surface area (Å²) in [5.41, 5.74) is -0.209. The van der Waals surface area contributed by atoms with Gasteiger partial charge in [-0.2, -0.15) is 0 Å². The van der Waals surface area contributed by atoms with E-state index in [1.165, 1.54) is 12.8 Å². The van der Waals surface area contributed by atoms with Crippen molar-refractivity contribution in [3.8, 4) is 0 Å². The van der Waals surface area contributed by atoms with Gasteiger partial charge in [-0.3, -0.25) is 0 Å². The predicted molar refractivity (Wildman–Crippen MR) is 87.0 cm³/mol. The molecule has 0 saturated carbocycles. The Morgan fingerprint density at radius 2 is 2.05 bits per heavy atom. The highest BCUT2D eigenvalue weighted by Gasteiger charge is 2.31. The molecular weight excluding hydrogens is 280 g/mol. The standard InChI is InChI=1S/C17H32N2O3/c1-13(12-17(2,3)21-4)18-16(20)19-9-7-14(8-10-19)15-6-5-11-22-15/h13-15H,5-12H2,1-4H3,(H,18,20)/t13-,15+/m0/s1. The van der Waals surface area contributed by atoms with E-state index in [-0.39, 0.29) is 17.7 Å². The van der Waals surface area contributed by atoms with Gasteiger partial charge >= 0.3 is 6.03 Å². The molecule has 0 aromatic carbocycles. The van der Waals surface area contributed by atoms with Gasteiger partial charge in [0.15, 0.2) is 0 Å². The summed E-state index contributed by atoms with van der Waals surface area (Å²) in [4.78, 5) is 14.3. The summed E-state index contributed by atoms with van der Waals surface area (Å²) in [6.45, 7) is 8.73. The van der Waals surface area contributed by atoms with Crippen LogP contribution in [-0.2, 0) is 9.47 Å². The fraction of sp³-hybridized carbons (Fsp3) is 0.941. The number of rotatable bonds is 5. The van der Waals surface area contributed by atoms with Gasteiger partial charge in [-0.25, -0.2) is 4.79 Å². The molecule has 2 amide bonds. The van der Waals surface area contributed by atoms with Crippen LogP contribution in [0.4, 0.5) is 4.79 Å². The van der Waals surface area contributed by atoms with E-state index < -0.39 is 0 Å². The van der Waals surface area contributed by atoms with Crippen LogP contribution < -0.4 is 5.32 Å². The van der Waals surface area contributed by atoms with Gasteiger partial charge in [-0.05, 0) is 58.8 Å². The molecule has 0 spiro atoms. The van der Waals surface area contributed by atoms with Gasteiger partial charge in [-0.1, -0.05) is 0 Å². The number of hydrogen-bond donors (Lipinski definition) is 1. The van der Waals surface area contributed by atoms with Gasteiger partial charge < -0.3 is 19.7 Å². The number of amides is 2. The summed E-state index contributed by atoms with van der Waals surface area (Å²) in [6.07, 6.45) is 5.76. The fourth-order valence-electron chi connectivity index (χ4n) is 3.62. The lowest BCUT2D eigenvalue weighted by molar-refractivity contribution is 0.00861. The number of ether oxygens (including phenoxy) is 2. The van der Waals surface area contributed by atoms with E-state index in [1.54, 1.807) is 7.11 Å². The molecular formula is C17H32N2O3. The molecule has 5 nitrogen and oxygen atoms in total. The van der Waals surface area contributed by atoms with E-state index in [4.69, 9.17) is 9.47 Å². The zero-order valence-electron chi connectivity index (χ0n) is 14.6. The maximum atomic E-state index is 12.4. The molecule has 2 aliphatic rings. The van der Waals surface area contributed by atoms with E-state index in [1.807, 2.05) is 25.7 Å². The first-order valence-corrected chi connectivity index (χ1v) is 8.63. The summed E-state index contributed by atoms with van der Waals surface area (Å²) in [7, 11) is 1.71. The Hall–Kier alpha value is -0.810. The highest BCUT2D eigenvalue weighted by atomic mass is 16.5. The van der Waals surface area contributed by atoms with Crippen molar-refractivity contribution < 1.29 is 14.3 Å². The Morgan fingerprint density at radius 1 is 1.36 bits per heavy atom. The normalized spacial score (nSPS) is 25.3. The Bertz CT molecular complexity index is 359. The molecule has 0 unspecified atom stereocenters. The zero-order valence-corrected chi connectivity index (χ0v) is 14.6. The first kappa shape index (κ1) is 17.5. The van der Waals surface area contributed by atoms with Crippen molar-refractivity contribution in [2.24, 2.45) is 5.92 Å². The van der Waals surface area contributed by atoms with Crippen LogP contribution in [0.5, 0.6) is 0 Å². The molecule has 2 heterocycles. The number of piperidine rings is 1. The summed E-state index contributed by atoms with van der Waals surface area (Å²) in [5, 5.41) is 3.10. The van der Waals surface area contributed by atoms with Crippen LogP contribution in [0.25, 0.3) is 0 Å². The van der Waals surface area contributed by atoms with Crippen molar-refractivity contribution in [3.05, 3.63) is 0 Å². The van der Waals surface area contributed by atoms with Crippen LogP contribution in [-0.4, -0.2) is 55.5 Å². The third-order valence-electron chi connectivity index (χ3n) is 5.04. The molecule has 2 saturated heterocycles.